The van der Waals surface area contributed by atoms with E-state index in [-0.39, 0.29) is 5.69 Å². The lowest BCUT2D eigenvalue weighted by Gasteiger charge is -2.02. The van der Waals surface area contributed by atoms with Gasteiger partial charge in [-0.25, -0.2) is 9.78 Å². The highest BCUT2D eigenvalue weighted by Gasteiger charge is 2.12. The largest absolute Gasteiger partial charge is 0.476 e. The maximum absolute atomic E-state index is 10.9. The first-order valence-electron chi connectivity index (χ1n) is 6.33. The number of carbonyl (C=O) groups is 1. The number of rotatable bonds is 4. The summed E-state index contributed by atoms with van der Waals surface area (Å²) in [5.74, 6) is -0.984. The maximum atomic E-state index is 10.9. The standard InChI is InChI=1S/C14H17N3O2S/c1-8(2)17-7-11(9(3)16-17)5-6-12-15-13(14(18)19)10(4)20-12/h5-8H,1-4H3,(H,18,19). The SMILES string of the molecule is Cc1nn(C(C)C)cc1C=Cc1nc(C(=O)O)c(C)s1. The first-order chi connectivity index (χ1) is 9.38. The fraction of sp³-hybridized carbons (Fsp3) is 0.357. The van der Waals surface area contributed by atoms with Crippen molar-refractivity contribution in [2.24, 2.45) is 0 Å². The molecular weight excluding hydrogens is 274 g/mol. The lowest BCUT2D eigenvalue weighted by atomic mass is 10.2. The quantitative estimate of drug-likeness (QED) is 0.937. The summed E-state index contributed by atoms with van der Waals surface area (Å²) in [4.78, 5) is 15.8. The fourth-order valence-electron chi connectivity index (χ4n) is 1.77. The van der Waals surface area contributed by atoms with E-state index in [1.807, 2.05) is 30.0 Å². The zero-order chi connectivity index (χ0) is 14.9. The normalized spacial score (nSPS) is 11.7. The van der Waals surface area contributed by atoms with Crippen LogP contribution in [0.5, 0.6) is 0 Å². The van der Waals surface area contributed by atoms with Gasteiger partial charge in [0.05, 0.1) is 5.69 Å². The van der Waals surface area contributed by atoms with Crippen LogP contribution in [0.15, 0.2) is 6.20 Å². The second-order valence-electron chi connectivity index (χ2n) is 4.84. The zero-order valence-electron chi connectivity index (χ0n) is 11.9. The minimum atomic E-state index is -0.984. The van der Waals surface area contributed by atoms with Crippen LogP contribution in [0.2, 0.25) is 0 Å². The smallest absolute Gasteiger partial charge is 0.355 e. The van der Waals surface area contributed by atoms with Gasteiger partial charge in [0.15, 0.2) is 5.69 Å². The van der Waals surface area contributed by atoms with Gasteiger partial charge in [-0.15, -0.1) is 11.3 Å². The molecule has 0 bridgehead atoms. The number of carboxylic acids is 1. The molecular formula is C14H17N3O2S. The molecule has 6 heteroatoms. The molecule has 5 nitrogen and oxygen atoms in total. The number of hydrogen-bond donors (Lipinski definition) is 1. The van der Waals surface area contributed by atoms with Crippen LogP contribution >= 0.6 is 11.3 Å². The van der Waals surface area contributed by atoms with Crippen molar-refractivity contribution in [3.8, 4) is 0 Å². The Morgan fingerprint density at radius 1 is 1.40 bits per heavy atom. The Morgan fingerprint density at radius 2 is 2.10 bits per heavy atom. The predicted octanol–water partition coefficient (Wildman–Crippen LogP) is 3.41. The average molecular weight is 291 g/mol. The Labute approximate surface area is 121 Å². The van der Waals surface area contributed by atoms with Crippen LogP contribution in [-0.2, 0) is 0 Å². The number of carboxylic acid groups (broad SMARTS) is 1. The minimum absolute atomic E-state index is 0.129. The lowest BCUT2D eigenvalue weighted by Crippen LogP contribution is -2.00. The van der Waals surface area contributed by atoms with E-state index in [0.29, 0.717) is 15.9 Å². The van der Waals surface area contributed by atoms with Crippen LogP contribution in [0.3, 0.4) is 0 Å². The molecule has 0 spiro atoms. The monoisotopic (exact) mass is 291 g/mol. The Balaban J connectivity index is 2.25. The number of thiazole rings is 1. The topological polar surface area (TPSA) is 68.0 Å². The van der Waals surface area contributed by atoms with Crippen molar-refractivity contribution in [2.45, 2.75) is 33.7 Å². The van der Waals surface area contributed by atoms with E-state index in [1.165, 1.54) is 11.3 Å². The molecule has 0 aliphatic rings. The molecule has 0 unspecified atom stereocenters. The molecule has 2 heterocycles. The van der Waals surface area contributed by atoms with Crippen molar-refractivity contribution in [1.29, 1.82) is 0 Å². The van der Waals surface area contributed by atoms with Gasteiger partial charge >= 0.3 is 5.97 Å². The van der Waals surface area contributed by atoms with Crippen LogP contribution in [0.25, 0.3) is 12.2 Å². The van der Waals surface area contributed by atoms with Gasteiger partial charge in [-0.2, -0.15) is 5.10 Å². The second-order valence-corrected chi connectivity index (χ2v) is 6.07. The van der Waals surface area contributed by atoms with Crippen molar-refractivity contribution in [2.75, 3.05) is 0 Å². The van der Waals surface area contributed by atoms with Crippen LogP contribution in [-0.4, -0.2) is 25.8 Å². The molecule has 0 aliphatic carbocycles. The van der Waals surface area contributed by atoms with Gasteiger partial charge < -0.3 is 5.11 Å². The predicted molar refractivity (Wildman–Crippen MR) is 80.1 cm³/mol. The van der Waals surface area contributed by atoms with E-state index in [4.69, 9.17) is 5.11 Å². The molecule has 0 radical (unpaired) electrons. The molecule has 2 rings (SSSR count). The molecule has 20 heavy (non-hydrogen) atoms. The number of aryl methyl sites for hydroxylation is 2. The highest BCUT2D eigenvalue weighted by Crippen LogP contribution is 2.20. The molecule has 0 aromatic carbocycles. The number of aromatic carboxylic acids is 1. The Morgan fingerprint density at radius 3 is 2.60 bits per heavy atom. The summed E-state index contributed by atoms with van der Waals surface area (Å²) >= 11 is 1.37. The number of nitrogens with zero attached hydrogens (tertiary/aromatic N) is 3. The highest BCUT2D eigenvalue weighted by molar-refractivity contribution is 7.12. The summed E-state index contributed by atoms with van der Waals surface area (Å²) in [5, 5.41) is 14.1. The Kier molecular flexibility index (Phi) is 4.04. The number of aromatic nitrogens is 3. The summed E-state index contributed by atoms with van der Waals surface area (Å²) in [5.41, 5.74) is 2.09. The van der Waals surface area contributed by atoms with E-state index in [2.05, 4.69) is 23.9 Å². The third kappa shape index (κ3) is 2.96. The maximum Gasteiger partial charge on any atom is 0.355 e. The van der Waals surface area contributed by atoms with E-state index in [9.17, 15) is 4.79 Å². The van der Waals surface area contributed by atoms with E-state index < -0.39 is 5.97 Å². The van der Waals surface area contributed by atoms with Gasteiger partial charge in [-0.05, 0) is 39.8 Å². The minimum Gasteiger partial charge on any atom is -0.476 e. The van der Waals surface area contributed by atoms with Crippen LogP contribution < -0.4 is 0 Å². The van der Waals surface area contributed by atoms with E-state index in [1.54, 1.807) is 6.92 Å². The van der Waals surface area contributed by atoms with Gasteiger partial charge in [0.25, 0.3) is 0 Å². The van der Waals surface area contributed by atoms with Crippen molar-refractivity contribution in [3.63, 3.8) is 0 Å². The van der Waals surface area contributed by atoms with E-state index >= 15 is 0 Å². The van der Waals surface area contributed by atoms with Crippen molar-refractivity contribution in [1.82, 2.24) is 14.8 Å². The highest BCUT2D eigenvalue weighted by atomic mass is 32.1. The molecule has 0 saturated carbocycles. The first kappa shape index (κ1) is 14.5. The van der Waals surface area contributed by atoms with Gasteiger partial charge in [0.2, 0.25) is 0 Å². The first-order valence-corrected chi connectivity index (χ1v) is 7.14. The average Bonchev–Trinajstić information content (AvgIpc) is 2.90. The van der Waals surface area contributed by atoms with Crippen LogP contribution in [0.4, 0.5) is 0 Å². The number of hydrogen-bond acceptors (Lipinski definition) is 4. The fourth-order valence-corrected chi connectivity index (χ4v) is 2.59. The third-order valence-corrected chi connectivity index (χ3v) is 3.84. The van der Waals surface area contributed by atoms with Crippen molar-refractivity contribution < 1.29 is 9.90 Å². The molecule has 106 valence electrons. The molecule has 0 atom stereocenters. The zero-order valence-corrected chi connectivity index (χ0v) is 12.7. The second kappa shape index (κ2) is 5.58. The molecule has 1 N–H and O–H groups in total. The summed E-state index contributed by atoms with van der Waals surface area (Å²) in [6.07, 6.45) is 5.74. The molecule has 0 fully saturated rings. The van der Waals surface area contributed by atoms with E-state index in [0.717, 1.165) is 11.3 Å². The summed E-state index contributed by atoms with van der Waals surface area (Å²) in [6.45, 7) is 7.86. The van der Waals surface area contributed by atoms with Crippen molar-refractivity contribution >= 4 is 29.5 Å². The van der Waals surface area contributed by atoms with Gasteiger partial charge in [-0.3, -0.25) is 4.68 Å². The summed E-state index contributed by atoms with van der Waals surface area (Å²) in [7, 11) is 0. The Bertz CT molecular complexity index is 668. The van der Waals surface area contributed by atoms with Gasteiger partial charge in [-0.1, -0.05) is 0 Å². The Hall–Kier alpha value is -1.95. The third-order valence-electron chi connectivity index (χ3n) is 2.90. The van der Waals surface area contributed by atoms with Gasteiger partial charge in [0.1, 0.15) is 5.01 Å². The van der Waals surface area contributed by atoms with Crippen molar-refractivity contribution in [3.05, 3.63) is 33.0 Å². The van der Waals surface area contributed by atoms with Gasteiger partial charge in [0, 0.05) is 22.7 Å². The summed E-state index contributed by atoms with van der Waals surface area (Å²) in [6, 6.07) is 0.316. The molecule has 0 amide bonds. The van der Waals surface area contributed by atoms with Crippen LogP contribution in [0.1, 0.15) is 51.5 Å². The molecule has 2 aromatic heterocycles. The van der Waals surface area contributed by atoms with Crippen LogP contribution in [0, 0.1) is 13.8 Å². The molecule has 0 aliphatic heterocycles. The lowest BCUT2D eigenvalue weighted by molar-refractivity contribution is 0.0690. The molecule has 2 aromatic rings. The molecule has 0 saturated heterocycles. The summed E-state index contributed by atoms with van der Waals surface area (Å²) < 4.78 is 1.91.